The molecule has 3 nitrogen and oxygen atoms in total. The maximum absolute atomic E-state index is 11.5. The molecule has 0 aliphatic heterocycles. The van der Waals surface area contributed by atoms with Crippen LogP contribution in [0.5, 0.6) is 0 Å². The summed E-state index contributed by atoms with van der Waals surface area (Å²) in [6.07, 6.45) is 15.1. The number of hydrogen-bond acceptors (Lipinski definition) is 2. The van der Waals surface area contributed by atoms with Gasteiger partial charge in [0.05, 0.1) is 4.90 Å². The molecular formula is C19H33NO2S. The Balaban J connectivity index is 2.10. The molecule has 0 amide bonds. The van der Waals surface area contributed by atoms with E-state index in [2.05, 4.69) is 6.92 Å². The maximum Gasteiger partial charge on any atom is 0.238 e. The number of nitrogens with two attached hydrogens (primary N) is 1. The molecule has 4 heteroatoms. The molecule has 0 saturated carbocycles. The van der Waals surface area contributed by atoms with Gasteiger partial charge < -0.3 is 0 Å². The van der Waals surface area contributed by atoms with Crippen molar-refractivity contribution in [3.05, 3.63) is 29.8 Å². The zero-order valence-corrected chi connectivity index (χ0v) is 15.4. The fourth-order valence-electron chi connectivity index (χ4n) is 2.97. The zero-order valence-electron chi connectivity index (χ0n) is 14.6. The van der Waals surface area contributed by atoms with Gasteiger partial charge in [0.1, 0.15) is 0 Å². The highest BCUT2D eigenvalue weighted by Crippen LogP contribution is 2.17. The van der Waals surface area contributed by atoms with Crippen LogP contribution in [0.2, 0.25) is 0 Å². The minimum Gasteiger partial charge on any atom is -0.225 e. The van der Waals surface area contributed by atoms with Gasteiger partial charge in [-0.05, 0) is 24.5 Å². The molecule has 23 heavy (non-hydrogen) atoms. The van der Waals surface area contributed by atoms with Crippen LogP contribution in [-0.2, 0) is 16.4 Å². The molecule has 0 heterocycles. The molecule has 1 rings (SSSR count). The van der Waals surface area contributed by atoms with Gasteiger partial charge in [0.2, 0.25) is 10.0 Å². The lowest BCUT2D eigenvalue weighted by atomic mass is 10.0. The fourth-order valence-corrected chi connectivity index (χ4v) is 3.77. The third-order valence-electron chi connectivity index (χ3n) is 4.33. The fraction of sp³-hybridized carbons (Fsp3) is 0.684. The quantitative estimate of drug-likeness (QED) is 0.503. The summed E-state index contributed by atoms with van der Waals surface area (Å²) in [7, 11) is -3.60. The third kappa shape index (κ3) is 9.11. The van der Waals surface area contributed by atoms with Gasteiger partial charge in [0, 0.05) is 0 Å². The summed E-state index contributed by atoms with van der Waals surface area (Å²) in [6, 6.07) is 7.07. The van der Waals surface area contributed by atoms with Crippen molar-refractivity contribution in [3.8, 4) is 0 Å². The largest absolute Gasteiger partial charge is 0.238 e. The van der Waals surface area contributed by atoms with E-state index in [9.17, 15) is 8.42 Å². The first-order chi connectivity index (χ1) is 11.1. The molecule has 0 unspecified atom stereocenters. The topological polar surface area (TPSA) is 60.2 Å². The van der Waals surface area contributed by atoms with Crippen LogP contribution in [0.1, 0.15) is 83.1 Å². The first-order valence-corrected chi connectivity index (χ1v) is 10.7. The lowest BCUT2D eigenvalue weighted by Gasteiger charge is -2.07. The number of unbranched alkanes of at least 4 members (excludes halogenated alkanes) is 10. The van der Waals surface area contributed by atoms with Crippen LogP contribution >= 0.6 is 0 Å². The second-order valence-electron chi connectivity index (χ2n) is 6.44. The summed E-state index contributed by atoms with van der Waals surface area (Å²) in [5.74, 6) is 0. The van der Waals surface area contributed by atoms with Crippen molar-refractivity contribution in [2.45, 2.75) is 88.9 Å². The minimum absolute atomic E-state index is 0.284. The summed E-state index contributed by atoms with van der Waals surface area (Å²) in [5.41, 5.74) is 0.853. The van der Waals surface area contributed by atoms with Crippen LogP contribution in [0.15, 0.2) is 29.2 Å². The maximum atomic E-state index is 11.5. The first kappa shape index (κ1) is 20.2. The van der Waals surface area contributed by atoms with E-state index in [1.54, 1.807) is 12.1 Å². The van der Waals surface area contributed by atoms with Crippen LogP contribution in [0.4, 0.5) is 0 Å². The Kier molecular flexibility index (Phi) is 10.2. The van der Waals surface area contributed by atoms with Gasteiger partial charge in [-0.15, -0.1) is 0 Å². The second-order valence-corrected chi connectivity index (χ2v) is 7.97. The van der Waals surface area contributed by atoms with Gasteiger partial charge in [-0.25, -0.2) is 13.6 Å². The minimum atomic E-state index is -3.60. The van der Waals surface area contributed by atoms with Crippen LogP contribution in [0.25, 0.3) is 0 Å². The van der Waals surface area contributed by atoms with Crippen molar-refractivity contribution >= 4 is 10.0 Å². The van der Waals surface area contributed by atoms with Gasteiger partial charge in [-0.2, -0.15) is 0 Å². The summed E-state index contributed by atoms with van der Waals surface area (Å²) < 4.78 is 23.1. The van der Waals surface area contributed by atoms with Crippen molar-refractivity contribution in [1.29, 1.82) is 0 Å². The second kappa shape index (κ2) is 11.6. The molecule has 2 N–H and O–H groups in total. The number of hydrogen-bond donors (Lipinski definition) is 1. The lowest BCUT2D eigenvalue weighted by molar-refractivity contribution is 0.549. The number of primary sulfonamides is 1. The van der Waals surface area contributed by atoms with Gasteiger partial charge in [0.25, 0.3) is 0 Å². The summed E-state index contributed by atoms with van der Waals surface area (Å²) in [5, 5.41) is 5.26. The molecule has 0 spiro atoms. The van der Waals surface area contributed by atoms with E-state index >= 15 is 0 Å². The molecule has 0 aliphatic rings. The molecule has 0 atom stereocenters. The summed E-state index contributed by atoms with van der Waals surface area (Å²) >= 11 is 0. The van der Waals surface area contributed by atoms with Crippen LogP contribution in [0.3, 0.4) is 0 Å². The molecule has 0 aromatic heterocycles. The number of rotatable bonds is 13. The highest BCUT2D eigenvalue weighted by Gasteiger charge is 2.12. The number of aryl methyl sites for hydroxylation is 1. The Hall–Kier alpha value is -0.870. The standard InChI is InChI=1S/C19H33NO2S/c1-2-3-4-5-6-7-8-9-10-11-12-15-18-16-13-14-17-19(18)23(20,21)22/h13-14,16-17H,2-12,15H2,1H3,(H2,20,21,22). The van der Waals surface area contributed by atoms with E-state index in [1.165, 1.54) is 57.8 Å². The Labute approximate surface area is 142 Å². The van der Waals surface area contributed by atoms with Crippen LogP contribution in [0, 0.1) is 0 Å². The van der Waals surface area contributed by atoms with Crippen LogP contribution in [-0.4, -0.2) is 8.42 Å². The molecule has 0 aliphatic carbocycles. The molecule has 132 valence electrons. The van der Waals surface area contributed by atoms with Crippen LogP contribution < -0.4 is 5.14 Å². The highest BCUT2D eigenvalue weighted by atomic mass is 32.2. The third-order valence-corrected chi connectivity index (χ3v) is 5.34. The van der Waals surface area contributed by atoms with E-state index in [4.69, 9.17) is 5.14 Å². The number of sulfonamides is 1. The Morgan fingerprint density at radius 2 is 1.26 bits per heavy atom. The smallest absolute Gasteiger partial charge is 0.225 e. The van der Waals surface area contributed by atoms with E-state index in [-0.39, 0.29) is 4.90 Å². The molecular weight excluding hydrogens is 306 g/mol. The van der Waals surface area contributed by atoms with E-state index in [0.29, 0.717) is 0 Å². The van der Waals surface area contributed by atoms with Gasteiger partial charge in [-0.3, -0.25) is 0 Å². The van der Waals surface area contributed by atoms with Crippen molar-refractivity contribution in [1.82, 2.24) is 0 Å². The molecule has 1 aromatic rings. The summed E-state index contributed by atoms with van der Waals surface area (Å²) in [6.45, 7) is 2.25. The number of benzene rings is 1. The average Bonchev–Trinajstić information content (AvgIpc) is 2.52. The van der Waals surface area contributed by atoms with Crippen molar-refractivity contribution in [2.24, 2.45) is 5.14 Å². The lowest BCUT2D eigenvalue weighted by Crippen LogP contribution is -2.14. The van der Waals surface area contributed by atoms with E-state index < -0.39 is 10.0 Å². The van der Waals surface area contributed by atoms with Crippen molar-refractivity contribution in [2.75, 3.05) is 0 Å². The molecule has 0 fully saturated rings. The van der Waals surface area contributed by atoms with Gasteiger partial charge >= 0.3 is 0 Å². The van der Waals surface area contributed by atoms with Gasteiger partial charge in [-0.1, -0.05) is 89.3 Å². The van der Waals surface area contributed by atoms with Crippen molar-refractivity contribution < 1.29 is 8.42 Å². The average molecular weight is 340 g/mol. The SMILES string of the molecule is CCCCCCCCCCCCCc1ccccc1S(N)(=O)=O. The monoisotopic (exact) mass is 339 g/mol. The molecule has 0 radical (unpaired) electrons. The normalized spacial score (nSPS) is 11.7. The Bertz CT molecular complexity index is 526. The Morgan fingerprint density at radius 1 is 0.783 bits per heavy atom. The van der Waals surface area contributed by atoms with Gasteiger partial charge in [0.15, 0.2) is 0 Å². The zero-order chi connectivity index (χ0) is 17.0. The predicted octanol–water partition coefficient (Wildman–Crippen LogP) is 5.19. The molecule has 0 bridgehead atoms. The van der Waals surface area contributed by atoms with Crippen molar-refractivity contribution in [3.63, 3.8) is 0 Å². The predicted molar refractivity (Wildman–Crippen MR) is 98.0 cm³/mol. The first-order valence-electron chi connectivity index (χ1n) is 9.16. The molecule has 1 aromatic carbocycles. The summed E-state index contributed by atoms with van der Waals surface area (Å²) in [4.78, 5) is 0.284. The van der Waals surface area contributed by atoms with E-state index in [1.807, 2.05) is 12.1 Å². The molecule has 0 saturated heterocycles. The highest BCUT2D eigenvalue weighted by molar-refractivity contribution is 7.89. The Morgan fingerprint density at radius 3 is 1.78 bits per heavy atom. The van der Waals surface area contributed by atoms with E-state index in [0.717, 1.165) is 24.8 Å².